The molecule has 0 aliphatic rings. The SMILES string of the molecule is CCOC(=O)/C=C/C(=O)NC(=S)Nc1cc(C(=O)OC)cc(C(=O)OC)c1. The minimum absolute atomic E-state index is 0.0826. The minimum atomic E-state index is -0.670. The van der Waals surface area contributed by atoms with Crippen LogP contribution in [0.4, 0.5) is 5.69 Å². The van der Waals surface area contributed by atoms with Gasteiger partial charge in [-0.3, -0.25) is 10.1 Å². The molecule has 0 aliphatic heterocycles. The number of esters is 3. The first-order chi connectivity index (χ1) is 12.8. The number of hydrogen-bond donors (Lipinski definition) is 2. The van der Waals surface area contributed by atoms with Gasteiger partial charge in [0.05, 0.1) is 32.0 Å². The second-order valence-corrected chi connectivity index (χ2v) is 5.22. The number of rotatable bonds is 6. The van der Waals surface area contributed by atoms with Crippen molar-refractivity contribution in [2.75, 3.05) is 26.1 Å². The van der Waals surface area contributed by atoms with Crippen molar-refractivity contribution in [1.29, 1.82) is 0 Å². The van der Waals surface area contributed by atoms with Gasteiger partial charge in [0.1, 0.15) is 0 Å². The van der Waals surface area contributed by atoms with Crippen molar-refractivity contribution >= 4 is 46.8 Å². The van der Waals surface area contributed by atoms with E-state index >= 15 is 0 Å². The second-order valence-electron chi connectivity index (χ2n) is 4.81. The molecule has 0 aliphatic carbocycles. The van der Waals surface area contributed by atoms with Crippen molar-refractivity contribution in [3.63, 3.8) is 0 Å². The number of carbonyl (C=O) groups excluding carboxylic acids is 4. The number of carbonyl (C=O) groups is 4. The molecule has 1 aromatic rings. The molecule has 144 valence electrons. The van der Waals surface area contributed by atoms with Gasteiger partial charge in [-0.1, -0.05) is 0 Å². The highest BCUT2D eigenvalue weighted by atomic mass is 32.1. The third-order valence-corrected chi connectivity index (χ3v) is 3.13. The van der Waals surface area contributed by atoms with E-state index in [-0.39, 0.29) is 28.5 Å². The summed E-state index contributed by atoms with van der Waals surface area (Å²) in [5.74, 6) is -2.68. The van der Waals surface area contributed by atoms with Crippen molar-refractivity contribution in [2.45, 2.75) is 6.92 Å². The van der Waals surface area contributed by atoms with Crippen LogP contribution in [0.25, 0.3) is 0 Å². The molecule has 27 heavy (non-hydrogen) atoms. The van der Waals surface area contributed by atoms with Crippen molar-refractivity contribution < 1.29 is 33.4 Å². The first-order valence-electron chi connectivity index (χ1n) is 7.59. The molecule has 0 atom stereocenters. The molecule has 9 nitrogen and oxygen atoms in total. The molecular formula is C17H18N2O7S. The summed E-state index contributed by atoms with van der Waals surface area (Å²) in [6.45, 7) is 1.82. The molecule has 1 amide bonds. The summed E-state index contributed by atoms with van der Waals surface area (Å²) >= 11 is 4.99. The van der Waals surface area contributed by atoms with Crippen molar-refractivity contribution in [3.8, 4) is 0 Å². The van der Waals surface area contributed by atoms with E-state index in [9.17, 15) is 19.2 Å². The highest BCUT2D eigenvalue weighted by molar-refractivity contribution is 7.80. The molecule has 1 aromatic carbocycles. The summed E-state index contributed by atoms with van der Waals surface area (Å²) in [5, 5.41) is 4.84. The van der Waals surface area contributed by atoms with Gasteiger partial charge in [-0.25, -0.2) is 14.4 Å². The molecule has 0 fully saturated rings. The van der Waals surface area contributed by atoms with Gasteiger partial charge in [0.2, 0.25) is 5.91 Å². The van der Waals surface area contributed by atoms with Gasteiger partial charge < -0.3 is 19.5 Å². The summed E-state index contributed by atoms with van der Waals surface area (Å²) in [6, 6.07) is 4.06. The van der Waals surface area contributed by atoms with Crippen molar-refractivity contribution in [2.24, 2.45) is 0 Å². The van der Waals surface area contributed by atoms with Crippen LogP contribution in [-0.2, 0) is 23.8 Å². The number of benzene rings is 1. The normalized spacial score (nSPS) is 10.0. The Morgan fingerprint density at radius 3 is 2.04 bits per heavy atom. The Labute approximate surface area is 160 Å². The van der Waals surface area contributed by atoms with Gasteiger partial charge >= 0.3 is 17.9 Å². The van der Waals surface area contributed by atoms with Gasteiger partial charge in [-0.05, 0) is 37.3 Å². The lowest BCUT2D eigenvalue weighted by Crippen LogP contribution is -2.33. The van der Waals surface area contributed by atoms with Crippen LogP contribution in [0.1, 0.15) is 27.6 Å². The van der Waals surface area contributed by atoms with E-state index in [1.54, 1.807) is 6.92 Å². The van der Waals surface area contributed by atoms with E-state index in [0.29, 0.717) is 0 Å². The van der Waals surface area contributed by atoms with E-state index in [0.717, 1.165) is 12.2 Å². The molecular weight excluding hydrogens is 376 g/mol. The average molecular weight is 394 g/mol. The Hall–Kier alpha value is -3.27. The first kappa shape index (κ1) is 21.8. The Kier molecular flexibility index (Phi) is 8.60. The van der Waals surface area contributed by atoms with Crippen LogP contribution < -0.4 is 10.6 Å². The molecule has 0 saturated carbocycles. The maximum atomic E-state index is 11.7. The average Bonchev–Trinajstić information content (AvgIpc) is 2.64. The van der Waals surface area contributed by atoms with E-state index < -0.39 is 23.8 Å². The monoisotopic (exact) mass is 394 g/mol. The number of hydrogen-bond acceptors (Lipinski definition) is 8. The highest BCUT2D eigenvalue weighted by Crippen LogP contribution is 2.17. The number of amides is 1. The summed E-state index contributed by atoms with van der Waals surface area (Å²) in [5.41, 5.74) is 0.413. The fourth-order valence-electron chi connectivity index (χ4n) is 1.82. The van der Waals surface area contributed by atoms with Crippen LogP contribution in [0.5, 0.6) is 0 Å². The summed E-state index contributed by atoms with van der Waals surface area (Å²) in [6.07, 6.45) is 1.91. The maximum Gasteiger partial charge on any atom is 0.337 e. The molecule has 1 rings (SSSR count). The van der Waals surface area contributed by atoms with Crippen LogP contribution in [-0.4, -0.2) is 49.8 Å². The van der Waals surface area contributed by atoms with Crippen LogP contribution in [0.3, 0.4) is 0 Å². The van der Waals surface area contributed by atoms with Gasteiger partial charge in [0, 0.05) is 17.8 Å². The van der Waals surface area contributed by atoms with Gasteiger partial charge in [-0.15, -0.1) is 0 Å². The smallest absolute Gasteiger partial charge is 0.337 e. The number of anilines is 1. The topological polar surface area (TPSA) is 120 Å². The lowest BCUT2D eigenvalue weighted by atomic mass is 10.1. The van der Waals surface area contributed by atoms with Gasteiger partial charge in [0.25, 0.3) is 0 Å². The largest absolute Gasteiger partial charge is 0.465 e. The molecule has 0 bridgehead atoms. The Bertz CT molecular complexity index is 755. The summed E-state index contributed by atoms with van der Waals surface area (Å²) < 4.78 is 13.9. The molecule has 0 unspecified atom stereocenters. The molecule has 0 aromatic heterocycles. The second kappa shape index (κ2) is 10.7. The third-order valence-electron chi connectivity index (χ3n) is 2.93. The third kappa shape index (κ3) is 7.24. The maximum absolute atomic E-state index is 11.7. The van der Waals surface area contributed by atoms with Gasteiger partial charge in [-0.2, -0.15) is 0 Å². The zero-order valence-corrected chi connectivity index (χ0v) is 15.7. The molecule has 2 N–H and O–H groups in total. The zero-order chi connectivity index (χ0) is 20.4. The quantitative estimate of drug-likeness (QED) is 0.317. The Balaban J connectivity index is 2.88. The minimum Gasteiger partial charge on any atom is -0.465 e. The van der Waals surface area contributed by atoms with Crippen LogP contribution in [0.15, 0.2) is 30.4 Å². The van der Waals surface area contributed by atoms with Gasteiger partial charge in [0.15, 0.2) is 5.11 Å². The first-order valence-corrected chi connectivity index (χ1v) is 8.00. The number of thiocarbonyl (C=S) groups is 1. The number of methoxy groups -OCH3 is 2. The fourth-order valence-corrected chi connectivity index (χ4v) is 2.04. The molecule has 0 spiro atoms. The van der Waals surface area contributed by atoms with E-state index in [4.69, 9.17) is 12.2 Å². The van der Waals surface area contributed by atoms with Crippen LogP contribution in [0.2, 0.25) is 0 Å². The van der Waals surface area contributed by atoms with Crippen LogP contribution >= 0.6 is 12.2 Å². The number of ether oxygens (including phenoxy) is 3. The Morgan fingerprint density at radius 2 is 1.56 bits per heavy atom. The predicted octanol–water partition coefficient (Wildman–Crippen LogP) is 1.19. The van der Waals surface area contributed by atoms with Crippen molar-refractivity contribution in [1.82, 2.24) is 5.32 Å². The summed E-state index contributed by atoms with van der Waals surface area (Å²) in [7, 11) is 2.39. The number of nitrogens with one attached hydrogen (secondary N) is 2. The van der Waals surface area contributed by atoms with E-state index in [1.807, 2.05) is 0 Å². The lowest BCUT2D eigenvalue weighted by Gasteiger charge is -2.11. The van der Waals surface area contributed by atoms with Crippen molar-refractivity contribution in [3.05, 3.63) is 41.5 Å². The van der Waals surface area contributed by atoms with E-state index in [1.165, 1.54) is 32.4 Å². The molecule has 10 heteroatoms. The fraction of sp³-hybridized carbons (Fsp3) is 0.235. The standard InChI is InChI=1S/C17H18N2O7S/c1-4-26-14(21)6-5-13(20)19-17(27)18-12-8-10(15(22)24-2)7-11(9-12)16(23)25-3/h5-9H,4H2,1-3H3,(H2,18,19,20,27)/b6-5+. The molecule has 0 radical (unpaired) electrons. The molecule has 0 heterocycles. The zero-order valence-electron chi connectivity index (χ0n) is 14.9. The van der Waals surface area contributed by atoms with Crippen LogP contribution in [0, 0.1) is 0 Å². The summed E-state index contributed by atoms with van der Waals surface area (Å²) in [4.78, 5) is 46.3. The van der Waals surface area contributed by atoms with E-state index in [2.05, 4.69) is 24.8 Å². The lowest BCUT2D eigenvalue weighted by molar-refractivity contribution is -0.137. The molecule has 0 saturated heterocycles. The highest BCUT2D eigenvalue weighted by Gasteiger charge is 2.14. The Morgan fingerprint density at radius 1 is 1.00 bits per heavy atom. The predicted molar refractivity (Wildman–Crippen MR) is 99.3 cm³/mol.